The van der Waals surface area contributed by atoms with Crippen molar-refractivity contribution in [2.45, 2.75) is 58.9 Å². The molecule has 1 fully saturated rings. The van der Waals surface area contributed by atoms with Crippen molar-refractivity contribution in [3.63, 3.8) is 0 Å². The number of benzene rings is 1. The molecule has 1 heterocycles. The number of imide groups is 1. The third kappa shape index (κ3) is 6.13. The summed E-state index contributed by atoms with van der Waals surface area (Å²) in [6, 6.07) is 9.65. The number of hydrogen-bond acceptors (Lipinski definition) is 4. The highest BCUT2D eigenvalue weighted by Gasteiger charge is 2.38. The number of cyclic esters (lactones) is 1. The minimum absolute atomic E-state index is 0.0953. The quantitative estimate of drug-likeness (QED) is 0.586. The summed E-state index contributed by atoms with van der Waals surface area (Å²) in [7, 11) is 0. The summed E-state index contributed by atoms with van der Waals surface area (Å²) in [5.41, 5.74) is 1.00. The van der Waals surface area contributed by atoms with Crippen molar-refractivity contribution in [2.24, 2.45) is 5.41 Å². The highest BCUT2D eigenvalue weighted by atomic mass is 16.6. The fourth-order valence-corrected chi connectivity index (χ4v) is 3.04. The van der Waals surface area contributed by atoms with Gasteiger partial charge in [0.15, 0.2) is 0 Å². The fraction of sp³-hybridized carbons (Fsp3) is 0.619. The largest absolute Gasteiger partial charge is 0.447 e. The zero-order valence-electron chi connectivity index (χ0n) is 16.2. The van der Waals surface area contributed by atoms with Gasteiger partial charge in [-0.1, -0.05) is 57.5 Å². The zero-order chi connectivity index (χ0) is 19.0. The van der Waals surface area contributed by atoms with E-state index in [-0.39, 0.29) is 24.0 Å². The van der Waals surface area contributed by atoms with E-state index >= 15 is 0 Å². The molecule has 1 atom stereocenters. The number of ether oxygens (including phenoxy) is 2. The Morgan fingerprint density at radius 3 is 2.73 bits per heavy atom. The molecule has 0 aliphatic carbocycles. The highest BCUT2D eigenvalue weighted by Crippen LogP contribution is 2.25. The Morgan fingerprint density at radius 2 is 2.04 bits per heavy atom. The molecule has 5 heteroatoms. The molecule has 2 amide bonds. The normalized spacial score (nSPS) is 17.4. The number of rotatable bonds is 10. The molecule has 144 valence electrons. The Kier molecular flexibility index (Phi) is 7.64. The minimum Gasteiger partial charge on any atom is -0.447 e. The molecule has 0 spiro atoms. The standard InChI is InChI=1S/C21H31NO4/c1-4-5-13-25-16-21(2,3)12-11-19(23)22-18(15-26-20(22)24)14-17-9-7-6-8-10-17/h6-10,18H,4-5,11-16H2,1-3H3/t18-/m1/s1. The van der Waals surface area contributed by atoms with Gasteiger partial charge in [-0.05, 0) is 30.2 Å². The van der Waals surface area contributed by atoms with Crippen LogP contribution in [0.25, 0.3) is 0 Å². The van der Waals surface area contributed by atoms with Crippen molar-refractivity contribution < 1.29 is 19.1 Å². The van der Waals surface area contributed by atoms with Gasteiger partial charge in [-0.3, -0.25) is 4.79 Å². The predicted octanol–water partition coefficient (Wildman–Crippen LogP) is 4.20. The topological polar surface area (TPSA) is 55.8 Å². The van der Waals surface area contributed by atoms with Crippen molar-refractivity contribution in [3.05, 3.63) is 35.9 Å². The van der Waals surface area contributed by atoms with Gasteiger partial charge in [0.05, 0.1) is 12.6 Å². The number of hydrogen-bond donors (Lipinski definition) is 0. The van der Waals surface area contributed by atoms with Crippen molar-refractivity contribution in [1.29, 1.82) is 0 Å². The van der Waals surface area contributed by atoms with Gasteiger partial charge in [-0.2, -0.15) is 0 Å². The van der Waals surface area contributed by atoms with Crippen LogP contribution in [-0.2, 0) is 20.7 Å². The van der Waals surface area contributed by atoms with Crippen LogP contribution >= 0.6 is 0 Å². The molecule has 0 aromatic heterocycles. The SMILES string of the molecule is CCCCOCC(C)(C)CCC(=O)N1C(=O)OC[C@H]1Cc1ccccc1. The maximum atomic E-state index is 12.7. The fourth-order valence-electron chi connectivity index (χ4n) is 3.04. The van der Waals surface area contributed by atoms with E-state index in [1.54, 1.807) is 0 Å². The number of carbonyl (C=O) groups is 2. The molecule has 1 aliphatic heterocycles. The van der Waals surface area contributed by atoms with Gasteiger partial charge in [0, 0.05) is 13.0 Å². The Labute approximate surface area is 156 Å². The highest BCUT2D eigenvalue weighted by molar-refractivity contribution is 5.93. The number of carbonyl (C=O) groups excluding carboxylic acids is 2. The van der Waals surface area contributed by atoms with Crippen LogP contribution in [0.3, 0.4) is 0 Å². The molecule has 1 aromatic rings. The van der Waals surface area contributed by atoms with Crippen LogP contribution in [0.5, 0.6) is 0 Å². The maximum Gasteiger partial charge on any atom is 0.416 e. The molecule has 1 saturated heterocycles. The Balaban J connectivity index is 1.86. The van der Waals surface area contributed by atoms with Crippen LogP contribution in [-0.4, -0.2) is 42.8 Å². The average Bonchev–Trinajstić information content (AvgIpc) is 2.98. The van der Waals surface area contributed by atoms with Gasteiger partial charge < -0.3 is 9.47 Å². The lowest BCUT2D eigenvalue weighted by Gasteiger charge is -2.26. The van der Waals surface area contributed by atoms with Gasteiger partial charge in [-0.25, -0.2) is 9.69 Å². The van der Waals surface area contributed by atoms with E-state index in [2.05, 4.69) is 20.8 Å². The molecule has 0 radical (unpaired) electrons. The first-order chi connectivity index (χ1) is 12.4. The van der Waals surface area contributed by atoms with Gasteiger partial charge in [0.2, 0.25) is 5.91 Å². The lowest BCUT2D eigenvalue weighted by Crippen LogP contribution is -2.40. The van der Waals surface area contributed by atoms with Crippen LogP contribution in [0.15, 0.2) is 30.3 Å². The summed E-state index contributed by atoms with van der Waals surface area (Å²) in [5, 5.41) is 0. The van der Waals surface area contributed by atoms with Crippen molar-refractivity contribution in [1.82, 2.24) is 4.90 Å². The van der Waals surface area contributed by atoms with E-state index in [9.17, 15) is 9.59 Å². The molecule has 0 N–H and O–H groups in total. The Bertz CT molecular complexity index is 585. The second-order valence-corrected chi connectivity index (χ2v) is 7.75. The molecular weight excluding hydrogens is 330 g/mol. The second-order valence-electron chi connectivity index (χ2n) is 7.75. The summed E-state index contributed by atoms with van der Waals surface area (Å²) in [4.78, 5) is 26.0. The van der Waals surface area contributed by atoms with Crippen LogP contribution < -0.4 is 0 Å². The second kappa shape index (κ2) is 9.72. The first-order valence-corrected chi connectivity index (χ1v) is 9.53. The third-order valence-corrected chi connectivity index (χ3v) is 4.69. The Hall–Kier alpha value is -1.88. The molecule has 2 rings (SSSR count). The molecule has 1 aliphatic rings. The maximum absolute atomic E-state index is 12.7. The van der Waals surface area contributed by atoms with Gasteiger partial charge in [0.1, 0.15) is 6.61 Å². The molecule has 5 nitrogen and oxygen atoms in total. The van der Waals surface area contributed by atoms with Gasteiger partial charge in [-0.15, -0.1) is 0 Å². The third-order valence-electron chi connectivity index (χ3n) is 4.69. The molecule has 0 bridgehead atoms. The smallest absolute Gasteiger partial charge is 0.416 e. The molecule has 26 heavy (non-hydrogen) atoms. The molecule has 0 unspecified atom stereocenters. The van der Waals surface area contributed by atoms with Crippen LogP contribution in [0.4, 0.5) is 4.79 Å². The van der Waals surface area contributed by atoms with E-state index in [0.717, 1.165) is 25.0 Å². The van der Waals surface area contributed by atoms with Crippen molar-refractivity contribution >= 4 is 12.0 Å². The van der Waals surface area contributed by atoms with Crippen LogP contribution in [0, 0.1) is 5.41 Å². The summed E-state index contributed by atoms with van der Waals surface area (Å²) >= 11 is 0. The van der Waals surface area contributed by atoms with Gasteiger partial charge in [0.25, 0.3) is 0 Å². The van der Waals surface area contributed by atoms with Gasteiger partial charge >= 0.3 is 6.09 Å². The summed E-state index contributed by atoms with van der Waals surface area (Å²) in [6.07, 6.45) is 3.27. The lowest BCUT2D eigenvalue weighted by molar-refractivity contribution is -0.129. The monoisotopic (exact) mass is 361 g/mol. The minimum atomic E-state index is -0.520. The zero-order valence-corrected chi connectivity index (χ0v) is 16.2. The molecule has 1 aromatic carbocycles. The van der Waals surface area contributed by atoms with E-state index in [1.165, 1.54) is 4.90 Å². The lowest BCUT2D eigenvalue weighted by atomic mass is 9.88. The average molecular weight is 361 g/mol. The predicted molar refractivity (Wildman–Crippen MR) is 101 cm³/mol. The summed E-state index contributed by atoms with van der Waals surface area (Å²) in [5.74, 6) is -0.157. The first-order valence-electron chi connectivity index (χ1n) is 9.53. The number of amides is 2. The Morgan fingerprint density at radius 1 is 1.31 bits per heavy atom. The number of nitrogens with zero attached hydrogens (tertiary/aromatic N) is 1. The first kappa shape index (κ1) is 20.4. The van der Waals surface area contributed by atoms with Crippen molar-refractivity contribution in [2.75, 3.05) is 19.8 Å². The van der Waals surface area contributed by atoms with E-state index in [1.807, 2.05) is 30.3 Å². The summed E-state index contributed by atoms with van der Waals surface area (Å²) in [6.45, 7) is 7.97. The van der Waals surface area contributed by atoms with E-state index < -0.39 is 6.09 Å². The number of unbranched alkanes of at least 4 members (excludes halogenated alkanes) is 1. The van der Waals surface area contributed by atoms with E-state index in [4.69, 9.17) is 9.47 Å². The van der Waals surface area contributed by atoms with E-state index in [0.29, 0.717) is 25.9 Å². The van der Waals surface area contributed by atoms with Crippen LogP contribution in [0.1, 0.15) is 52.0 Å². The van der Waals surface area contributed by atoms with Crippen LogP contribution in [0.2, 0.25) is 0 Å². The molecular formula is C21H31NO4. The van der Waals surface area contributed by atoms with Crippen molar-refractivity contribution in [3.8, 4) is 0 Å². The molecule has 0 saturated carbocycles. The summed E-state index contributed by atoms with van der Waals surface area (Å²) < 4.78 is 10.8.